The number of benzene rings is 1. The minimum Gasteiger partial charge on any atom is -0.339 e. The van der Waals surface area contributed by atoms with Gasteiger partial charge in [0.25, 0.3) is 0 Å². The first-order valence-corrected chi connectivity index (χ1v) is 8.11. The monoisotopic (exact) mass is 295 g/mol. The van der Waals surface area contributed by atoms with E-state index < -0.39 is 0 Å². The molecule has 2 aliphatic heterocycles. The number of aromatic nitrogens is 3. The summed E-state index contributed by atoms with van der Waals surface area (Å²) < 4.78 is 0. The van der Waals surface area contributed by atoms with Gasteiger partial charge in [-0.05, 0) is 36.8 Å². The topological polar surface area (TPSA) is 45.2 Å². The van der Waals surface area contributed by atoms with Crippen molar-refractivity contribution in [1.82, 2.24) is 15.2 Å². The van der Waals surface area contributed by atoms with E-state index in [0.29, 0.717) is 0 Å². The van der Waals surface area contributed by atoms with Gasteiger partial charge >= 0.3 is 0 Å². The Morgan fingerprint density at radius 1 is 1.09 bits per heavy atom. The van der Waals surface area contributed by atoms with E-state index in [9.17, 15) is 0 Å². The van der Waals surface area contributed by atoms with Crippen LogP contribution in [0.3, 0.4) is 0 Å². The fourth-order valence-electron chi connectivity index (χ4n) is 3.33. The molecular formula is C17H21N5. The first kappa shape index (κ1) is 13.5. The Bertz CT molecular complexity index is 664. The average Bonchev–Trinajstić information content (AvgIpc) is 3.00. The van der Waals surface area contributed by atoms with Crippen molar-refractivity contribution >= 4 is 17.5 Å². The Kier molecular flexibility index (Phi) is 3.41. The molecule has 3 heterocycles. The lowest BCUT2D eigenvalue weighted by molar-refractivity contribution is 0.433. The van der Waals surface area contributed by atoms with E-state index in [0.717, 1.165) is 43.7 Å². The van der Waals surface area contributed by atoms with Gasteiger partial charge in [-0.25, -0.2) is 0 Å². The van der Waals surface area contributed by atoms with Gasteiger partial charge in [-0.3, -0.25) is 0 Å². The van der Waals surface area contributed by atoms with Crippen LogP contribution in [0.4, 0.5) is 17.5 Å². The second-order valence-corrected chi connectivity index (χ2v) is 6.31. The summed E-state index contributed by atoms with van der Waals surface area (Å²) in [5.41, 5.74) is 2.63. The fourth-order valence-corrected chi connectivity index (χ4v) is 3.33. The molecule has 5 heteroatoms. The lowest BCUT2D eigenvalue weighted by Crippen LogP contribution is -2.34. The van der Waals surface area contributed by atoms with Crippen molar-refractivity contribution in [2.24, 2.45) is 5.92 Å². The second kappa shape index (κ2) is 5.55. The third-order valence-corrected chi connectivity index (χ3v) is 4.77. The first-order chi connectivity index (χ1) is 10.8. The van der Waals surface area contributed by atoms with Crippen molar-refractivity contribution in [3.8, 4) is 0 Å². The fraction of sp³-hybridized carbons (Fsp3) is 0.471. The maximum Gasteiger partial charge on any atom is 0.247 e. The van der Waals surface area contributed by atoms with Crippen molar-refractivity contribution in [2.75, 3.05) is 29.4 Å². The Balaban J connectivity index is 1.60. The number of nitrogens with zero attached hydrogens (tertiary/aromatic N) is 5. The normalized spacial score (nSPS) is 18.6. The van der Waals surface area contributed by atoms with E-state index in [1.165, 1.54) is 24.1 Å². The Labute approximate surface area is 131 Å². The summed E-state index contributed by atoms with van der Waals surface area (Å²) in [5, 5.41) is 8.45. The van der Waals surface area contributed by atoms with Crippen LogP contribution < -0.4 is 9.80 Å². The van der Waals surface area contributed by atoms with Crippen molar-refractivity contribution < 1.29 is 0 Å². The number of rotatable bonds is 2. The molecule has 1 saturated heterocycles. The van der Waals surface area contributed by atoms with Gasteiger partial charge in [-0.15, -0.1) is 5.10 Å². The lowest BCUT2D eigenvalue weighted by Gasteiger charge is -2.30. The van der Waals surface area contributed by atoms with Crippen LogP contribution in [0.15, 0.2) is 30.5 Å². The SMILES string of the molecule is CC1CCN(c2nncc(N3CCc4ccccc43)n2)CC1. The van der Waals surface area contributed by atoms with Gasteiger partial charge in [0.15, 0.2) is 5.82 Å². The minimum absolute atomic E-state index is 0.772. The van der Waals surface area contributed by atoms with E-state index >= 15 is 0 Å². The molecular weight excluding hydrogens is 274 g/mol. The number of para-hydroxylation sites is 1. The summed E-state index contributed by atoms with van der Waals surface area (Å²) in [5.74, 6) is 2.49. The third kappa shape index (κ3) is 2.40. The van der Waals surface area contributed by atoms with Crippen LogP contribution in [0, 0.1) is 5.92 Å². The van der Waals surface area contributed by atoms with Crippen molar-refractivity contribution in [3.63, 3.8) is 0 Å². The number of fused-ring (bicyclic) bond motifs is 1. The number of anilines is 3. The van der Waals surface area contributed by atoms with Crippen molar-refractivity contribution in [3.05, 3.63) is 36.0 Å². The average molecular weight is 295 g/mol. The second-order valence-electron chi connectivity index (χ2n) is 6.31. The highest BCUT2D eigenvalue weighted by atomic mass is 15.4. The Morgan fingerprint density at radius 2 is 1.91 bits per heavy atom. The van der Waals surface area contributed by atoms with Gasteiger partial charge in [0.05, 0.1) is 6.20 Å². The predicted octanol–water partition coefficient (Wildman–Crippen LogP) is 2.80. The van der Waals surface area contributed by atoms with Gasteiger partial charge < -0.3 is 9.80 Å². The van der Waals surface area contributed by atoms with Crippen LogP contribution in [0.2, 0.25) is 0 Å². The van der Waals surface area contributed by atoms with Gasteiger partial charge in [0.1, 0.15) is 0 Å². The third-order valence-electron chi connectivity index (χ3n) is 4.77. The zero-order valence-electron chi connectivity index (χ0n) is 12.9. The summed E-state index contributed by atoms with van der Waals surface area (Å²) in [4.78, 5) is 9.29. The molecule has 1 fully saturated rings. The predicted molar refractivity (Wildman–Crippen MR) is 87.6 cm³/mol. The van der Waals surface area contributed by atoms with E-state index in [1.54, 1.807) is 6.20 Å². The zero-order valence-corrected chi connectivity index (χ0v) is 12.9. The molecule has 0 atom stereocenters. The van der Waals surface area contributed by atoms with Gasteiger partial charge in [0, 0.05) is 25.3 Å². The summed E-state index contributed by atoms with van der Waals surface area (Å²) in [7, 11) is 0. The molecule has 0 unspecified atom stereocenters. The summed E-state index contributed by atoms with van der Waals surface area (Å²) in [6.07, 6.45) is 5.26. The van der Waals surface area contributed by atoms with Crippen molar-refractivity contribution in [1.29, 1.82) is 0 Å². The van der Waals surface area contributed by atoms with Crippen LogP contribution in [0.25, 0.3) is 0 Å². The molecule has 0 radical (unpaired) electrons. The number of hydrogen-bond acceptors (Lipinski definition) is 5. The minimum atomic E-state index is 0.772. The maximum atomic E-state index is 4.78. The van der Waals surface area contributed by atoms with Gasteiger partial charge in [0.2, 0.25) is 5.95 Å². The molecule has 22 heavy (non-hydrogen) atoms. The van der Waals surface area contributed by atoms with Crippen LogP contribution in [-0.2, 0) is 6.42 Å². The molecule has 0 aliphatic carbocycles. The lowest BCUT2D eigenvalue weighted by atomic mass is 10.00. The van der Waals surface area contributed by atoms with Crippen molar-refractivity contribution in [2.45, 2.75) is 26.2 Å². The van der Waals surface area contributed by atoms with Crippen LogP contribution in [-0.4, -0.2) is 34.8 Å². The highest BCUT2D eigenvalue weighted by Gasteiger charge is 2.23. The molecule has 0 spiro atoms. The molecule has 0 N–H and O–H groups in total. The standard InChI is InChI=1S/C17H21N5/c1-13-6-9-21(10-7-13)17-19-16(12-18-20-17)22-11-8-14-4-2-3-5-15(14)22/h2-5,12-13H,6-11H2,1H3. The molecule has 0 saturated carbocycles. The van der Waals surface area contributed by atoms with Crippen LogP contribution in [0.1, 0.15) is 25.3 Å². The molecule has 2 aromatic rings. The molecule has 1 aromatic heterocycles. The van der Waals surface area contributed by atoms with E-state index in [2.05, 4.69) is 51.2 Å². The summed E-state index contributed by atoms with van der Waals surface area (Å²) >= 11 is 0. The van der Waals surface area contributed by atoms with Crippen LogP contribution >= 0.6 is 0 Å². The Hall–Kier alpha value is -2.17. The molecule has 0 amide bonds. The molecule has 1 aromatic carbocycles. The number of hydrogen-bond donors (Lipinski definition) is 0. The molecule has 114 valence electrons. The van der Waals surface area contributed by atoms with E-state index in [1.807, 2.05) is 0 Å². The van der Waals surface area contributed by atoms with Gasteiger partial charge in [-0.1, -0.05) is 25.1 Å². The summed E-state index contributed by atoms with van der Waals surface area (Å²) in [6, 6.07) is 8.53. The Morgan fingerprint density at radius 3 is 2.77 bits per heavy atom. The van der Waals surface area contributed by atoms with E-state index in [4.69, 9.17) is 4.98 Å². The molecule has 2 aliphatic rings. The number of piperidine rings is 1. The van der Waals surface area contributed by atoms with Gasteiger partial charge in [-0.2, -0.15) is 10.1 Å². The maximum absolute atomic E-state index is 4.78. The zero-order chi connectivity index (χ0) is 14.9. The smallest absolute Gasteiger partial charge is 0.247 e. The summed E-state index contributed by atoms with van der Waals surface area (Å²) in [6.45, 7) is 5.34. The van der Waals surface area contributed by atoms with E-state index in [-0.39, 0.29) is 0 Å². The first-order valence-electron chi connectivity index (χ1n) is 8.11. The highest BCUT2D eigenvalue weighted by Crippen LogP contribution is 2.33. The molecule has 0 bridgehead atoms. The largest absolute Gasteiger partial charge is 0.339 e. The highest BCUT2D eigenvalue weighted by molar-refractivity contribution is 5.67. The molecule has 4 rings (SSSR count). The van der Waals surface area contributed by atoms with Crippen LogP contribution in [0.5, 0.6) is 0 Å². The quantitative estimate of drug-likeness (QED) is 0.852. The molecule has 5 nitrogen and oxygen atoms in total.